The lowest BCUT2D eigenvalue weighted by Gasteiger charge is -2.35. The molecule has 0 saturated heterocycles. The fourth-order valence-electron chi connectivity index (χ4n) is 9.44. The first-order valence-electron chi connectivity index (χ1n) is 26.9. The molecule has 0 aromatic heterocycles. The molecule has 0 heterocycles. The molecule has 0 saturated carbocycles. The quantitative estimate of drug-likeness (QED) is 0.0202. The van der Waals surface area contributed by atoms with Crippen LogP contribution in [0, 0.1) is 23.7 Å². The van der Waals surface area contributed by atoms with Crippen molar-refractivity contribution >= 4 is 41.4 Å². The van der Waals surface area contributed by atoms with E-state index in [0.717, 1.165) is 33.4 Å². The maximum absolute atomic E-state index is 13.4. The van der Waals surface area contributed by atoms with Gasteiger partial charge in [-0.15, -0.1) is 23.5 Å². The van der Waals surface area contributed by atoms with Crippen molar-refractivity contribution in [1.82, 2.24) is 0 Å². The second kappa shape index (κ2) is 29.6. The average Bonchev–Trinajstić information content (AvgIpc) is 3.64. The molecule has 82 heavy (non-hydrogen) atoms. The summed E-state index contributed by atoms with van der Waals surface area (Å²) < 4.78 is 26.7. The summed E-state index contributed by atoms with van der Waals surface area (Å²) in [5.74, 6) is 12.3. The van der Waals surface area contributed by atoms with Crippen LogP contribution >= 0.6 is 23.5 Å². The standard InChI is InChI=1S/C72H60O8S2/c1-76-44-45-77-46-47-78-70(75)61-53-57(34-32-55-36-40-59(41-37-55)68(73)79-48-50-81-71(62-20-8-2-9-21-62,63-22-10-3-11-23-63)64-24-12-4-13-25-64)52-58(54-61)35-33-56-38-42-60(43-39-56)69(74)80-49-51-82-72(65-26-14-5-15-27-65,66-28-16-6-17-29-66)67-30-18-7-19-31-67/h2-31,36-43,52-54H,44-51H2,1H3. The molecule has 0 spiro atoms. The molecule has 0 atom stereocenters. The predicted octanol–water partition coefficient (Wildman–Crippen LogP) is 14.1. The van der Waals surface area contributed by atoms with Crippen LogP contribution in [0.3, 0.4) is 0 Å². The van der Waals surface area contributed by atoms with Crippen LogP contribution in [0.15, 0.2) is 249 Å². The summed E-state index contributed by atoms with van der Waals surface area (Å²) in [6, 6.07) is 81.4. The van der Waals surface area contributed by atoms with Crippen molar-refractivity contribution in [3.63, 3.8) is 0 Å². The highest BCUT2D eigenvalue weighted by Gasteiger charge is 2.38. The molecule has 10 heteroatoms. The van der Waals surface area contributed by atoms with Gasteiger partial charge in [-0.2, -0.15) is 0 Å². The first-order chi connectivity index (χ1) is 40.4. The van der Waals surface area contributed by atoms with Crippen LogP contribution < -0.4 is 0 Å². The Hall–Kier alpha value is -8.87. The number of hydrogen-bond donors (Lipinski definition) is 0. The highest BCUT2D eigenvalue weighted by Crippen LogP contribution is 2.49. The fourth-order valence-corrected chi connectivity index (χ4v) is 12.2. The average molecular weight is 1120 g/mol. The second-order valence-electron chi connectivity index (χ2n) is 18.7. The smallest absolute Gasteiger partial charge is 0.338 e. The summed E-state index contributed by atoms with van der Waals surface area (Å²) in [7, 11) is 1.59. The van der Waals surface area contributed by atoms with Crippen molar-refractivity contribution in [2.45, 2.75) is 9.49 Å². The van der Waals surface area contributed by atoms with E-state index in [2.05, 4.69) is 169 Å². The number of methoxy groups -OCH3 is 1. The van der Waals surface area contributed by atoms with Crippen LogP contribution in [0.4, 0.5) is 0 Å². The van der Waals surface area contributed by atoms with Gasteiger partial charge in [0.2, 0.25) is 0 Å². The molecule has 9 rings (SSSR count). The van der Waals surface area contributed by atoms with Crippen LogP contribution in [0.5, 0.6) is 0 Å². The third-order valence-electron chi connectivity index (χ3n) is 13.4. The van der Waals surface area contributed by atoms with Gasteiger partial charge in [0.15, 0.2) is 0 Å². The summed E-state index contributed by atoms with van der Waals surface area (Å²) in [5.41, 5.74) is 10.2. The number of carbonyl (C=O) groups excluding carboxylic acids is 3. The first kappa shape index (κ1) is 57.8. The van der Waals surface area contributed by atoms with E-state index in [1.165, 1.54) is 0 Å². The number of esters is 3. The highest BCUT2D eigenvalue weighted by molar-refractivity contribution is 8.00. The summed E-state index contributed by atoms with van der Waals surface area (Å²) in [4.78, 5) is 40.2. The number of rotatable bonds is 23. The Balaban J connectivity index is 0.848. The van der Waals surface area contributed by atoms with E-state index in [0.29, 0.717) is 58.1 Å². The topological polar surface area (TPSA) is 97.4 Å². The van der Waals surface area contributed by atoms with Crippen molar-refractivity contribution in [2.24, 2.45) is 0 Å². The van der Waals surface area contributed by atoms with E-state index in [4.69, 9.17) is 23.7 Å². The van der Waals surface area contributed by atoms with E-state index in [1.807, 2.05) is 36.4 Å². The van der Waals surface area contributed by atoms with Gasteiger partial charge >= 0.3 is 17.9 Å². The normalized spacial score (nSPS) is 11.0. The third kappa shape index (κ3) is 14.9. The predicted molar refractivity (Wildman–Crippen MR) is 328 cm³/mol. The fraction of sp³-hybridized carbons (Fsp3) is 0.153. The molecule has 9 aromatic carbocycles. The minimum absolute atomic E-state index is 0.0480. The van der Waals surface area contributed by atoms with Gasteiger partial charge < -0.3 is 23.7 Å². The molecule has 408 valence electrons. The van der Waals surface area contributed by atoms with Gasteiger partial charge in [-0.05, 0) is 100 Å². The Morgan fingerprint density at radius 3 is 0.951 bits per heavy atom. The van der Waals surface area contributed by atoms with Crippen molar-refractivity contribution in [2.75, 3.05) is 58.3 Å². The van der Waals surface area contributed by atoms with E-state index >= 15 is 0 Å². The van der Waals surface area contributed by atoms with Gasteiger partial charge in [-0.25, -0.2) is 14.4 Å². The summed E-state index contributed by atoms with van der Waals surface area (Å²) in [6.07, 6.45) is 0. The summed E-state index contributed by atoms with van der Waals surface area (Å²) >= 11 is 3.46. The summed E-state index contributed by atoms with van der Waals surface area (Å²) in [5, 5.41) is 0. The largest absolute Gasteiger partial charge is 0.461 e. The zero-order chi connectivity index (χ0) is 56.7. The first-order valence-corrected chi connectivity index (χ1v) is 28.9. The maximum atomic E-state index is 13.4. The van der Waals surface area contributed by atoms with Crippen LogP contribution in [0.2, 0.25) is 0 Å². The van der Waals surface area contributed by atoms with Gasteiger partial charge in [0.1, 0.15) is 19.8 Å². The number of carbonyl (C=O) groups is 3. The minimum Gasteiger partial charge on any atom is -0.461 e. The van der Waals surface area contributed by atoms with Gasteiger partial charge in [-0.3, -0.25) is 0 Å². The van der Waals surface area contributed by atoms with Gasteiger partial charge in [0, 0.05) is 40.9 Å². The molecule has 0 fully saturated rings. The van der Waals surface area contributed by atoms with Gasteiger partial charge in [0.05, 0.1) is 46.0 Å². The van der Waals surface area contributed by atoms with Crippen molar-refractivity contribution in [1.29, 1.82) is 0 Å². The molecule has 0 radical (unpaired) electrons. The Bertz CT molecular complexity index is 3200. The zero-order valence-electron chi connectivity index (χ0n) is 45.4. The second-order valence-corrected chi connectivity index (χ2v) is 21.3. The van der Waals surface area contributed by atoms with Crippen LogP contribution in [0.1, 0.15) is 86.7 Å². The molecule has 0 bridgehead atoms. The van der Waals surface area contributed by atoms with Crippen molar-refractivity contribution in [3.8, 4) is 23.7 Å². The SMILES string of the molecule is COCCOCCOC(=O)c1cc(C#Cc2ccc(C(=O)OCCSC(c3ccccc3)(c3ccccc3)c3ccccc3)cc2)cc(C#Cc2ccc(C(=O)OCCSC(c3ccccc3)(c3ccccc3)c3ccccc3)cc2)c1. The van der Waals surface area contributed by atoms with Crippen LogP contribution in [0.25, 0.3) is 0 Å². The molecule has 0 aliphatic heterocycles. The number of hydrogen-bond acceptors (Lipinski definition) is 10. The van der Waals surface area contributed by atoms with Gasteiger partial charge in [-0.1, -0.05) is 206 Å². The van der Waals surface area contributed by atoms with Crippen molar-refractivity contribution in [3.05, 3.63) is 321 Å². The van der Waals surface area contributed by atoms with Crippen molar-refractivity contribution < 1.29 is 38.1 Å². The van der Waals surface area contributed by atoms with Crippen LogP contribution in [-0.2, 0) is 33.2 Å². The summed E-state index contributed by atoms with van der Waals surface area (Å²) in [6.45, 7) is 1.46. The molecule has 0 aliphatic carbocycles. The third-order valence-corrected chi connectivity index (χ3v) is 16.4. The lowest BCUT2D eigenvalue weighted by Crippen LogP contribution is -2.27. The molecule has 9 aromatic rings. The highest BCUT2D eigenvalue weighted by atomic mass is 32.2. The zero-order valence-corrected chi connectivity index (χ0v) is 47.0. The van der Waals surface area contributed by atoms with E-state index in [-0.39, 0.29) is 32.0 Å². The molecule has 0 amide bonds. The Morgan fingerprint density at radius 2 is 0.622 bits per heavy atom. The van der Waals surface area contributed by atoms with Crippen LogP contribution in [-0.4, -0.2) is 76.2 Å². The molecule has 0 aliphatic rings. The molecule has 0 N–H and O–H groups in total. The van der Waals surface area contributed by atoms with E-state index in [9.17, 15) is 14.4 Å². The number of ether oxygens (including phenoxy) is 5. The Labute approximate surface area is 489 Å². The molecule has 8 nitrogen and oxygen atoms in total. The molecule has 0 unspecified atom stereocenters. The number of thioether (sulfide) groups is 2. The van der Waals surface area contributed by atoms with E-state index < -0.39 is 27.4 Å². The molecular weight excluding hydrogens is 1060 g/mol. The molecular formula is C72H60O8S2. The monoisotopic (exact) mass is 1120 g/mol. The lowest BCUT2D eigenvalue weighted by atomic mass is 9.84. The lowest BCUT2D eigenvalue weighted by molar-refractivity contribution is 0.0213. The Kier molecular flexibility index (Phi) is 20.8. The Morgan fingerprint density at radius 1 is 0.329 bits per heavy atom. The minimum atomic E-state index is -0.554. The maximum Gasteiger partial charge on any atom is 0.338 e. The van der Waals surface area contributed by atoms with E-state index in [1.54, 1.807) is 97.4 Å². The van der Waals surface area contributed by atoms with Gasteiger partial charge in [0.25, 0.3) is 0 Å². The number of benzene rings is 9.